The zero-order valence-electron chi connectivity index (χ0n) is 16.9. The van der Waals surface area contributed by atoms with Crippen molar-refractivity contribution in [3.8, 4) is 5.75 Å². The number of ether oxygens (including phenoxy) is 1. The van der Waals surface area contributed by atoms with E-state index < -0.39 is 0 Å². The van der Waals surface area contributed by atoms with E-state index in [9.17, 15) is 4.79 Å². The molecule has 2 aromatic rings. The molecule has 2 N–H and O–H groups in total. The second-order valence-electron chi connectivity index (χ2n) is 7.64. The first-order valence-electron chi connectivity index (χ1n) is 10.5. The van der Waals surface area contributed by atoms with Gasteiger partial charge in [0.1, 0.15) is 5.75 Å². The maximum atomic E-state index is 12.5. The number of piperidine rings is 1. The van der Waals surface area contributed by atoms with Gasteiger partial charge < -0.3 is 15.4 Å². The van der Waals surface area contributed by atoms with Crippen LogP contribution in [0.2, 0.25) is 0 Å². The number of aryl methyl sites for hydroxylation is 2. The maximum absolute atomic E-state index is 12.5. The van der Waals surface area contributed by atoms with E-state index in [1.54, 1.807) is 0 Å². The van der Waals surface area contributed by atoms with Gasteiger partial charge in [0.2, 0.25) is 5.91 Å². The summed E-state index contributed by atoms with van der Waals surface area (Å²) in [5, 5.41) is 0. The average molecular weight is 381 g/mol. The quantitative estimate of drug-likeness (QED) is 0.688. The second-order valence-corrected chi connectivity index (χ2v) is 7.64. The highest BCUT2D eigenvalue weighted by Crippen LogP contribution is 2.24. The zero-order valence-corrected chi connectivity index (χ0v) is 16.9. The summed E-state index contributed by atoms with van der Waals surface area (Å²) in [5.41, 5.74) is 9.19. The fraction of sp³-hybridized carbons (Fsp3) is 0.458. The van der Waals surface area contributed by atoms with Crippen molar-refractivity contribution < 1.29 is 9.53 Å². The first kappa shape index (κ1) is 20.2. The van der Waals surface area contributed by atoms with Crippen LogP contribution in [0.3, 0.4) is 0 Å². The first-order chi connectivity index (χ1) is 13.7. The molecule has 28 heavy (non-hydrogen) atoms. The minimum atomic E-state index is 0.258. The summed E-state index contributed by atoms with van der Waals surface area (Å²) in [7, 11) is 0. The van der Waals surface area contributed by atoms with Gasteiger partial charge in [0.05, 0.1) is 6.61 Å². The monoisotopic (exact) mass is 380 g/mol. The van der Waals surface area contributed by atoms with E-state index in [1.807, 2.05) is 36.1 Å². The standard InChI is InChI=1S/C24H32N2O2/c1-2-28-22-12-9-19(10-13-22)7-8-20-15-17-26(18-16-20)24(27)14-11-21-5-3-4-6-23(21)25/h3-6,9-10,12-13,20H,2,7-8,11,14-18,25H2,1H3. The van der Waals surface area contributed by atoms with Crippen molar-refractivity contribution in [3.63, 3.8) is 0 Å². The smallest absolute Gasteiger partial charge is 0.222 e. The normalized spacial score (nSPS) is 14.8. The highest BCUT2D eigenvalue weighted by atomic mass is 16.5. The van der Waals surface area contributed by atoms with Crippen LogP contribution in [0, 0.1) is 5.92 Å². The van der Waals surface area contributed by atoms with Crippen LogP contribution in [-0.2, 0) is 17.6 Å². The van der Waals surface area contributed by atoms with Gasteiger partial charge in [-0.25, -0.2) is 0 Å². The summed E-state index contributed by atoms with van der Waals surface area (Å²) in [6.45, 7) is 4.48. The van der Waals surface area contributed by atoms with Crippen molar-refractivity contribution in [2.45, 2.75) is 45.4 Å². The highest BCUT2D eigenvalue weighted by Gasteiger charge is 2.22. The van der Waals surface area contributed by atoms with Gasteiger partial charge in [-0.3, -0.25) is 4.79 Å². The number of carbonyl (C=O) groups is 1. The molecule has 0 saturated carbocycles. The summed E-state index contributed by atoms with van der Waals surface area (Å²) in [4.78, 5) is 14.6. The summed E-state index contributed by atoms with van der Waals surface area (Å²) < 4.78 is 5.50. The van der Waals surface area contributed by atoms with Gasteiger partial charge >= 0.3 is 0 Å². The number of rotatable bonds is 8. The molecule has 1 aliphatic heterocycles. The number of hydrogen-bond donors (Lipinski definition) is 1. The van der Waals surface area contributed by atoms with Gasteiger partial charge in [-0.15, -0.1) is 0 Å². The van der Waals surface area contributed by atoms with Crippen LogP contribution in [-0.4, -0.2) is 30.5 Å². The molecule has 0 aliphatic carbocycles. The Morgan fingerprint density at radius 1 is 1.07 bits per heavy atom. The number of benzene rings is 2. The minimum absolute atomic E-state index is 0.258. The third-order valence-corrected chi connectivity index (χ3v) is 5.71. The Morgan fingerprint density at radius 3 is 2.46 bits per heavy atom. The molecule has 0 atom stereocenters. The number of anilines is 1. The van der Waals surface area contributed by atoms with E-state index >= 15 is 0 Å². The molecular weight excluding hydrogens is 348 g/mol. The van der Waals surface area contributed by atoms with Crippen molar-refractivity contribution in [2.75, 3.05) is 25.4 Å². The lowest BCUT2D eigenvalue weighted by atomic mass is 9.90. The van der Waals surface area contributed by atoms with Crippen molar-refractivity contribution in [1.82, 2.24) is 4.90 Å². The summed E-state index contributed by atoms with van der Waals surface area (Å²) in [5.74, 6) is 1.91. The van der Waals surface area contributed by atoms with Gasteiger partial charge in [-0.05, 0) is 74.3 Å². The first-order valence-corrected chi connectivity index (χ1v) is 10.5. The third kappa shape index (κ3) is 5.75. The molecule has 1 fully saturated rings. The topological polar surface area (TPSA) is 55.6 Å². The molecule has 2 aromatic carbocycles. The Bertz CT molecular complexity index is 749. The van der Waals surface area contributed by atoms with Gasteiger partial charge in [-0.2, -0.15) is 0 Å². The van der Waals surface area contributed by atoms with E-state index in [-0.39, 0.29) is 5.91 Å². The maximum Gasteiger partial charge on any atom is 0.222 e. The van der Waals surface area contributed by atoms with Gasteiger partial charge in [0, 0.05) is 25.2 Å². The predicted molar refractivity (Wildman–Crippen MR) is 114 cm³/mol. The number of carbonyl (C=O) groups excluding carboxylic acids is 1. The molecule has 3 rings (SSSR count). The molecule has 1 heterocycles. The molecule has 0 radical (unpaired) electrons. The molecule has 0 unspecified atom stereocenters. The number of nitrogen functional groups attached to an aromatic ring is 1. The van der Waals surface area contributed by atoms with E-state index in [1.165, 1.54) is 12.0 Å². The molecule has 0 aromatic heterocycles. The molecular formula is C24H32N2O2. The molecule has 1 saturated heterocycles. The van der Waals surface area contributed by atoms with Gasteiger partial charge in [0.15, 0.2) is 0 Å². The Labute approximate surface area is 168 Å². The number of amides is 1. The van der Waals surface area contributed by atoms with Crippen molar-refractivity contribution in [1.29, 1.82) is 0 Å². The Morgan fingerprint density at radius 2 is 1.79 bits per heavy atom. The molecule has 0 spiro atoms. The van der Waals surface area contributed by atoms with Crippen molar-refractivity contribution in [2.24, 2.45) is 5.92 Å². The van der Waals surface area contributed by atoms with Crippen LogP contribution in [0.5, 0.6) is 5.75 Å². The third-order valence-electron chi connectivity index (χ3n) is 5.71. The van der Waals surface area contributed by atoms with Crippen LogP contribution in [0.25, 0.3) is 0 Å². The van der Waals surface area contributed by atoms with Crippen molar-refractivity contribution >= 4 is 11.6 Å². The molecule has 1 aliphatic rings. The summed E-state index contributed by atoms with van der Waals surface area (Å²) in [6.07, 6.45) is 5.77. The molecule has 150 valence electrons. The fourth-order valence-electron chi connectivity index (χ4n) is 3.92. The Balaban J connectivity index is 1.38. The Hall–Kier alpha value is -2.49. The SMILES string of the molecule is CCOc1ccc(CCC2CCN(C(=O)CCc3ccccc3N)CC2)cc1. The Kier molecular flexibility index (Phi) is 7.35. The largest absolute Gasteiger partial charge is 0.494 e. The highest BCUT2D eigenvalue weighted by molar-refractivity contribution is 5.76. The molecule has 4 nitrogen and oxygen atoms in total. The van der Waals surface area contributed by atoms with Crippen LogP contribution in [0.15, 0.2) is 48.5 Å². The zero-order chi connectivity index (χ0) is 19.8. The predicted octanol–water partition coefficient (Wildman–Crippen LogP) is 4.47. The van der Waals surface area contributed by atoms with E-state index in [0.29, 0.717) is 18.9 Å². The number of nitrogens with two attached hydrogens (primary N) is 1. The fourth-order valence-corrected chi connectivity index (χ4v) is 3.92. The van der Waals surface area contributed by atoms with Crippen LogP contribution in [0.4, 0.5) is 5.69 Å². The average Bonchev–Trinajstić information content (AvgIpc) is 2.73. The molecule has 0 bridgehead atoms. The van der Waals surface area contributed by atoms with Crippen LogP contribution in [0.1, 0.15) is 43.7 Å². The number of likely N-dealkylation sites (tertiary alicyclic amines) is 1. The van der Waals surface area contributed by atoms with Gasteiger partial charge in [0.25, 0.3) is 0 Å². The minimum Gasteiger partial charge on any atom is -0.494 e. The lowest BCUT2D eigenvalue weighted by molar-refractivity contribution is -0.132. The molecule has 1 amide bonds. The van der Waals surface area contributed by atoms with E-state index in [2.05, 4.69) is 24.3 Å². The van der Waals surface area contributed by atoms with Crippen LogP contribution < -0.4 is 10.5 Å². The molecule has 4 heteroatoms. The van der Waals surface area contributed by atoms with Crippen molar-refractivity contribution in [3.05, 3.63) is 59.7 Å². The number of para-hydroxylation sites is 1. The summed E-state index contributed by atoms with van der Waals surface area (Å²) >= 11 is 0. The van der Waals surface area contributed by atoms with E-state index in [0.717, 1.165) is 55.8 Å². The lowest BCUT2D eigenvalue weighted by Crippen LogP contribution is -2.38. The summed E-state index contributed by atoms with van der Waals surface area (Å²) in [6, 6.07) is 16.3. The van der Waals surface area contributed by atoms with Gasteiger partial charge in [-0.1, -0.05) is 30.3 Å². The van der Waals surface area contributed by atoms with E-state index in [4.69, 9.17) is 10.5 Å². The number of nitrogens with zero attached hydrogens (tertiary/aromatic N) is 1. The second kappa shape index (κ2) is 10.2. The lowest BCUT2D eigenvalue weighted by Gasteiger charge is -2.32. The van der Waals surface area contributed by atoms with Crippen LogP contribution >= 0.6 is 0 Å². The number of hydrogen-bond acceptors (Lipinski definition) is 3.